The Morgan fingerprint density at radius 2 is 1.83 bits per heavy atom. The zero-order valence-electron chi connectivity index (χ0n) is 12.6. The monoisotopic (exact) mass is 251 g/mol. The standard InChI is InChI=1S/C15H29N3/c1-5-6-7-10-18-11-8-15(13-16,9-12-18)17-14(2,3)4/h17H,5-12H2,1-4H3. The summed E-state index contributed by atoms with van der Waals surface area (Å²) in [7, 11) is 0. The van der Waals surface area contributed by atoms with Crippen molar-refractivity contribution in [1.82, 2.24) is 10.2 Å². The quantitative estimate of drug-likeness (QED) is 0.764. The van der Waals surface area contributed by atoms with Gasteiger partial charge in [-0.3, -0.25) is 5.32 Å². The average molecular weight is 251 g/mol. The van der Waals surface area contributed by atoms with Crippen LogP contribution in [0.4, 0.5) is 0 Å². The lowest BCUT2D eigenvalue weighted by Crippen LogP contribution is -2.58. The van der Waals surface area contributed by atoms with Crippen molar-refractivity contribution >= 4 is 0 Å². The second-order valence-electron chi connectivity index (χ2n) is 6.62. The number of piperidine rings is 1. The lowest BCUT2D eigenvalue weighted by molar-refractivity contribution is 0.144. The normalized spacial score (nSPS) is 20.6. The van der Waals surface area contributed by atoms with E-state index in [2.05, 4.69) is 44.0 Å². The Bertz CT molecular complexity index is 277. The van der Waals surface area contributed by atoms with Gasteiger partial charge in [-0.2, -0.15) is 5.26 Å². The van der Waals surface area contributed by atoms with Gasteiger partial charge in [0.1, 0.15) is 5.54 Å². The molecule has 0 aliphatic carbocycles. The molecular formula is C15H29N3. The summed E-state index contributed by atoms with van der Waals surface area (Å²) >= 11 is 0. The molecule has 0 spiro atoms. The molecule has 0 bridgehead atoms. The molecule has 0 aromatic carbocycles. The van der Waals surface area contributed by atoms with Crippen LogP contribution < -0.4 is 5.32 Å². The number of rotatable bonds is 5. The highest BCUT2D eigenvalue weighted by Gasteiger charge is 2.37. The second-order valence-corrected chi connectivity index (χ2v) is 6.62. The summed E-state index contributed by atoms with van der Waals surface area (Å²) in [5.74, 6) is 0. The van der Waals surface area contributed by atoms with Crippen molar-refractivity contribution in [2.24, 2.45) is 0 Å². The summed E-state index contributed by atoms with van der Waals surface area (Å²) in [6, 6.07) is 2.52. The van der Waals surface area contributed by atoms with Crippen LogP contribution in [0.3, 0.4) is 0 Å². The van der Waals surface area contributed by atoms with Gasteiger partial charge in [-0.15, -0.1) is 0 Å². The number of nitrogens with one attached hydrogen (secondary N) is 1. The Labute approximate surface area is 113 Å². The van der Waals surface area contributed by atoms with Crippen LogP contribution in [-0.2, 0) is 0 Å². The van der Waals surface area contributed by atoms with Gasteiger partial charge in [0.05, 0.1) is 6.07 Å². The molecule has 0 unspecified atom stereocenters. The van der Waals surface area contributed by atoms with Crippen molar-refractivity contribution in [1.29, 1.82) is 5.26 Å². The van der Waals surface area contributed by atoms with Gasteiger partial charge in [0.15, 0.2) is 0 Å². The number of nitrogens with zero attached hydrogens (tertiary/aromatic N) is 2. The Hall–Kier alpha value is -0.590. The fraction of sp³-hybridized carbons (Fsp3) is 0.933. The van der Waals surface area contributed by atoms with E-state index in [0.29, 0.717) is 0 Å². The van der Waals surface area contributed by atoms with Crippen LogP contribution in [0.2, 0.25) is 0 Å². The molecule has 0 aromatic rings. The lowest BCUT2D eigenvalue weighted by Gasteiger charge is -2.41. The summed E-state index contributed by atoms with van der Waals surface area (Å²) in [6.45, 7) is 12.0. The SMILES string of the molecule is CCCCCN1CCC(C#N)(NC(C)(C)C)CC1. The first-order valence-corrected chi connectivity index (χ1v) is 7.34. The van der Waals surface area contributed by atoms with Gasteiger partial charge in [-0.05, 0) is 46.6 Å². The Balaban J connectivity index is 2.42. The maximum absolute atomic E-state index is 9.47. The minimum atomic E-state index is -0.306. The first-order valence-electron chi connectivity index (χ1n) is 7.34. The van der Waals surface area contributed by atoms with E-state index in [1.165, 1.54) is 25.8 Å². The Morgan fingerprint density at radius 3 is 2.28 bits per heavy atom. The van der Waals surface area contributed by atoms with Crippen molar-refractivity contribution in [3.05, 3.63) is 0 Å². The maximum Gasteiger partial charge on any atom is 0.109 e. The molecule has 1 fully saturated rings. The predicted octanol–water partition coefficient (Wildman–Crippen LogP) is 2.92. The number of hydrogen-bond donors (Lipinski definition) is 1. The molecule has 3 heteroatoms. The molecule has 0 atom stereocenters. The van der Waals surface area contributed by atoms with E-state index in [4.69, 9.17) is 0 Å². The van der Waals surface area contributed by atoms with Crippen LogP contribution in [0.5, 0.6) is 0 Å². The van der Waals surface area contributed by atoms with Gasteiger partial charge in [-0.1, -0.05) is 19.8 Å². The molecule has 1 heterocycles. The fourth-order valence-electron chi connectivity index (χ4n) is 2.73. The molecule has 1 aliphatic heterocycles. The molecule has 0 saturated carbocycles. The molecule has 0 radical (unpaired) electrons. The Kier molecular flexibility index (Phi) is 5.62. The van der Waals surface area contributed by atoms with Crippen LogP contribution in [0.25, 0.3) is 0 Å². The summed E-state index contributed by atoms with van der Waals surface area (Å²) in [5, 5.41) is 13.0. The van der Waals surface area contributed by atoms with Crippen LogP contribution in [0.15, 0.2) is 0 Å². The number of hydrogen-bond acceptors (Lipinski definition) is 3. The maximum atomic E-state index is 9.47. The van der Waals surface area contributed by atoms with Gasteiger partial charge >= 0.3 is 0 Å². The minimum Gasteiger partial charge on any atom is -0.303 e. The molecule has 0 aromatic heterocycles. The van der Waals surface area contributed by atoms with Gasteiger partial charge in [0.25, 0.3) is 0 Å². The minimum absolute atomic E-state index is 0.0140. The van der Waals surface area contributed by atoms with E-state index in [-0.39, 0.29) is 11.1 Å². The van der Waals surface area contributed by atoms with E-state index in [9.17, 15) is 5.26 Å². The smallest absolute Gasteiger partial charge is 0.109 e. The number of nitriles is 1. The molecule has 1 aliphatic rings. The fourth-order valence-corrected chi connectivity index (χ4v) is 2.73. The Morgan fingerprint density at radius 1 is 1.22 bits per heavy atom. The summed E-state index contributed by atoms with van der Waals surface area (Å²) < 4.78 is 0. The zero-order valence-corrected chi connectivity index (χ0v) is 12.6. The van der Waals surface area contributed by atoms with Gasteiger partial charge in [0, 0.05) is 18.6 Å². The van der Waals surface area contributed by atoms with Gasteiger partial charge in [-0.25, -0.2) is 0 Å². The van der Waals surface area contributed by atoms with Crippen molar-refractivity contribution in [2.75, 3.05) is 19.6 Å². The molecule has 1 rings (SSSR count). The van der Waals surface area contributed by atoms with Crippen LogP contribution >= 0.6 is 0 Å². The van der Waals surface area contributed by atoms with Gasteiger partial charge in [0.2, 0.25) is 0 Å². The van der Waals surface area contributed by atoms with Crippen LogP contribution in [0, 0.1) is 11.3 Å². The third-order valence-electron chi connectivity index (χ3n) is 3.62. The van der Waals surface area contributed by atoms with E-state index in [0.717, 1.165) is 25.9 Å². The molecule has 1 saturated heterocycles. The van der Waals surface area contributed by atoms with Crippen molar-refractivity contribution in [3.63, 3.8) is 0 Å². The van der Waals surface area contributed by atoms with Crippen molar-refractivity contribution < 1.29 is 0 Å². The largest absolute Gasteiger partial charge is 0.303 e. The summed E-state index contributed by atoms with van der Waals surface area (Å²) in [4.78, 5) is 2.51. The van der Waals surface area contributed by atoms with Crippen LogP contribution in [0.1, 0.15) is 59.8 Å². The number of likely N-dealkylation sites (tertiary alicyclic amines) is 1. The molecule has 18 heavy (non-hydrogen) atoms. The molecule has 3 nitrogen and oxygen atoms in total. The van der Waals surface area contributed by atoms with E-state index in [1.54, 1.807) is 0 Å². The average Bonchev–Trinajstić information content (AvgIpc) is 2.30. The highest BCUT2D eigenvalue weighted by atomic mass is 15.2. The predicted molar refractivity (Wildman–Crippen MR) is 76.4 cm³/mol. The zero-order chi connectivity index (χ0) is 13.6. The van der Waals surface area contributed by atoms with E-state index < -0.39 is 0 Å². The van der Waals surface area contributed by atoms with E-state index >= 15 is 0 Å². The third kappa shape index (κ3) is 4.96. The van der Waals surface area contributed by atoms with Crippen molar-refractivity contribution in [2.45, 2.75) is 70.9 Å². The molecular weight excluding hydrogens is 222 g/mol. The number of unbranched alkanes of at least 4 members (excludes halogenated alkanes) is 2. The van der Waals surface area contributed by atoms with Gasteiger partial charge < -0.3 is 4.90 Å². The molecule has 104 valence electrons. The second kappa shape index (κ2) is 6.54. The first-order chi connectivity index (χ1) is 8.41. The van der Waals surface area contributed by atoms with Crippen molar-refractivity contribution in [3.8, 4) is 6.07 Å². The third-order valence-corrected chi connectivity index (χ3v) is 3.62. The first kappa shape index (κ1) is 15.5. The molecule has 0 amide bonds. The van der Waals surface area contributed by atoms with Crippen LogP contribution in [-0.4, -0.2) is 35.6 Å². The van der Waals surface area contributed by atoms with E-state index in [1.807, 2.05) is 0 Å². The lowest BCUT2D eigenvalue weighted by atomic mass is 9.86. The molecule has 1 N–H and O–H groups in total. The summed E-state index contributed by atoms with van der Waals surface area (Å²) in [5.41, 5.74) is -0.292. The highest BCUT2D eigenvalue weighted by Crippen LogP contribution is 2.24. The highest BCUT2D eigenvalue weighted by molar-refractivity contribution is 5.11. The topological polar surface area (TPSA) is 39.1 Å². The summed E-state index contributed by atoms with van der Waals surface area (Å²) in [6.07, 6.45) is 5.80.